The monoisotopic (exact) mass is 746 g/mol. The van der Waals surface area contributed by atoms with Crippen LogP contribution in [0, 0.1) is 5.82 Å². The van der Waals surface area contributed by atoms with Gasteiger partial charge >= 0.3 is 0 Å². The highest BCUT2D eigenvalue weighted by Gasteiger charge is 2.19. The van der Waals surface area contributed by atoms with E-state index < -0.39 is 0 Å². The van der Waals surface area contributed by atoms with E-state index in [4.69, 9.17) is 4.42 Å². The number of benzene rings is 9. The number of fused-ring (bicyclic) bond motifs is 6. The van der Waals surface area contributed by atoms with Crippen LogP contribution in [0.15, 0.2) is 217 Å². The summed E-state index contributed by atoms with van der Waals surface area (Å²) in [6, 6.07) is 73.2. The number of hydrogen-bond acceptors (Lipinski definition) is 2. The molecule has 0 atom stereocenters. The maximum atomic E-state index is 15.2. The molecule has 0 saturated heterocycles. The fourth-order valence-electron chi connectivity index (χ4n) is 8.64. The van der Waals surface area contributed by atoms with Gasteiger partial charge in [-0.1, -0.05) is 140 Å². The number of rotatable bonds is 7. The van der Waals surface area contributed by atoms with Gasteiger partial charge in [0.1, 0.15) is 17.0 Å². The molecule has 0 aliphatic rings. The van der Waals surface area contributed by atoms with Crippen molar-refractivity contribution in [3.05, 3.63) is 218 Å². The lowest BCUT2D eigenvalue weighted by atomic mass is 9.98. The van der Waals surface area contributed by atoms with Gasteiger partial charge in [0.25, 0.3) is 0 Å². The van der Waals surface area contributed by atoms with Crippen molar-refractivity contribution in [3.63, 3.8) is 0 Å². The highest BCUT2D eigenvalue weighted by atomic mass is 19.1. The summed E-state index contributed by atoms with van der Waals surface area (Å²) < 4.78 is 23.6. The average molecular weight is 747 g/mol. The molecular formula is C54H35FN2O. The van der Waals surface area contributed by atoms with E-state index in [2.05, 4.69) is 167 Å². The molecule has 0 unspecified atom stereocenters. The Labute approximate surface area is 335 Å². The normalized spacial score (nSPS) is 11.5. The summed E-state index contributed by atoms with van der Waals surface area (Å²) in [4.78, 5) is 2.34. The molecule has 11 aromatic rings. The Morgan fingerprint density at radius 1 is 0.397 bits per heavy atom. The molecule has 0 amide bonds. The lowest BCUT2D eigenvalue weighted by Crippen LogP contribution is -2.11. The summed E-state index contributed by atoms with van der Waals surface area (Å²) in [5.41, 5.74) is 14.5. The van der Waals surface area contributed by atoms with Crippen LogP contribution in [0.4, 0.5) is 21.5 Å². The number of para-hydroxylation sites is 3. The molecule has 58 heavy (non-hydrogen) atoms. The van der Waals surface area contributed by atoms with E-state index in [-0.39, 0.29) is 5.82 Å². The fourth-order valence-corrected chi connectivity index (χ4v) is 8.64. The maximum absolute atomic E-state index is 15.2. The van der Waals surface area contributed by atoms with Gasteiger partial charge in [-0.15, -0.1) is 0 Å². The molecule has 0 spiro atoms. The quantitative estimate of drug-likeness (QED) is 0.162. The molecule has 2 aromatic heterocycles. The summed E-state index contributed by atoms with van der Waals surface area (Å²) in [5.74, 6) is -0.212. The predicted octanol–water partition coefficient (Wildman–Crippen LogP) is 15.3. The minimum Gasteiger partial charge on any atom is -0.456 e. The van der Waals surface area contributed by atoms with Crippen LogP contribution >= 0.6 is 0 Å². The molecule has 2 heterocycles. The number of nitrogens with zero attached hydrogens (tertiary/aromatic N) is 2. The molecule has 0 aliphatic heterocycles. The van der Waals surface area contributed by atoms with Gasteiger partial charge in [0.15, 0.2) is 0 Å². The Hall–Kier alpha value is -7.69. The van der Waals surface area contributed by atoms with E-state index in [0.29, 0.717) is 5.39 Å². The smallest absolute Gasteiger partial charge is 0.136 e. The molecule has 9 aromatic carbocycles. The average Bonchev–Trinajstić information content (AvgIpc) is 3.84. The van der Waals surface area contributed by atoms with E-state index >= 15 is 4.39 Å². The molecule has 0 saturated carbocycles. The summed E-state index contributed by atoms with van der Waals surface area (Å²) in [7, 11) is 0. The number of aromatic nitrogens is 1. The van der Waals surface area contributed by atoms with Gasteiger partial charge in [0, 0.05) is 44.2 Å². The van der Waals surface area contributed by atoms with Gasteiger partial charge < -0.3 is 13.9 Å². The van der Waals surface area contributed by atoms with E-state index in [0.717, 1.165) is 94.5 Å². The SMILES string of the molecule is Fc1cccc2c1c1ccccc1n2-c1cccc(-c2ccc(N(c3ccc(-c4cccc5oc6ccccc6c45)cc3)c3ccccc3-c3ccccc3)cc2)c1. The molecule has 0 radical (unpaired) electrons. The Balaban J connectivity index is 1.01. The fraction of sp³-hybridized carbons (Fsp3) is 0. The summed E-state index contributed by atoms with van der Waals surface area (Å²) >= 11 is 0. The summed E-state index contributed by atoms with van der Waals surface area (Å²) in [5, 5.41) is 3.79. The summed E-state index contributed by atoms with van der Waals surface area (Å²) in [6.45, 7) is 0. The second-order valence-corrected chi connectivity index (χ2v) is 14.6. The molecule has 3 nitrogen and oxygen atoms in total. The first kappa shape index (κ1) is 33.6. The van der Waals surface area contributed by atoms with E-state index in [1.165, 1.54) is 6.07 Å². The number of anilines is 3. The maximum Gasteiger partial charge on any atom is 0.136 e. The zero-order chi connectivity index (χ0) is 38.6. The van der Waals surface area contributed by atoms with Gasteiger partial charge in [-0.25, -0.2) is 4.39 Å². The lowest BCUT2D eigenvalue weighted by molar-refractivity contribution is 0.640. The molecule has 0 aliphatic carbocycles. The topological polar surface area (TPSA) is 21.3 Å². The van der Waals surface area contributed by atoms with Crippen molar-refractivity contribution in [2.75, 3.05) is 4.90 Å². The lowest BCUT2D eigenvalue weighted by Gasteiger charge is -2.28. The van der Waals surface area contributed by atoms with Crippen LogP contribution in [-0.2, 0) is 0 Å². The van der Waals surface area contributed by atoms with Crippen molar-refractivity contribution in [3.8, 4) is 39.1 Å². The van der Waals surface area contributed by atoms with Crippen molar-refractivity contribution in [2.45, 2.75) is 0 Å². The zero-order valence-electron chi connectivity index (χ0n) is 31.4. The third-order valence-electron chi connectivity index (χ3n) is 11.3. The first-order chi connectivity index (χ1) is 28.7. The Kier molecular flexibility index (Phi) is 8.00. The Bertz CT molecular complexity index is 3290. The van der Waals surface area contributed by atoms with Gasteiger partial charge in [0.05, 0.1) is 16.7 Å². The van der Waals surface area contributed by atoms with Gasteiger partial charge in [-0.2, -0.15) is 0 Å². The molecule has 0 bridgehead atoms. The minimum atomic E-state index is -0.212. The van der Waals surface area contributed by atoms with Crippen LogP contribution in [0.1, 0.15) is 0 Å². The van der Waals surface area contributed by atoms with Crippen molar-refractivity contribution in [1.29, 1.82) is 0 Å². The molecule has 274 valence electrons. The standard InChI is InChI=1S/C54H35FN2O/c55-47-21-12-24-50-54(47)45-18-5-8-23-49(45)57(50)42-16-10-15-39(35-42)36-27-31-40(32-28-36)56(48-22-7-4-17-43(48)37-13-2-1-3-14-37)41-33-29-38(30-34-41)44-20-11-26-52-53(44)46-19-6-9-25-51(46)58-52/h1-35H. The number of halogens is 1. The first-order valence-corrected chi connectivity index (χ1v) is 19.5. The van der Waals surface area contributed by atoms with Crippen molar-refractivity contribution in [2.24, 2.45) is 0 Å². The Morgan fingerprint density at radius 3 is 1.81 bits per heavy atom. The first-order valence-electron chi connectivity index (χ1n) is 19.5. The number of furan rings is 1. The van der Waals surface area contributed by atoms with Crippen LogP contribution in [0.25, 0.3) is 82.8 Å². The molecular weight excluding hydrogens is 712 g/mol. The second-order valence-electron chi connectivity index (χ2n) is 14.6. The third kappa shape index (κ3) is 5.57. The van der Waals surface area contributed by atoms with Crippen LogP contribution in [0.5, 0.6) is 0 Å². The van der Waals surface area contributed by atoms with Crippen molar-refractivity contribution >= 4 is 60.8 Å². The predicted molar refractivity (Wildman–Crippen MR) is 239 cm³/mol. The molecule has 11 rings (SSSR count). The third-order valence-corrected chi connectivity index (χ3v) is 11.3. The molecule has 0 N–H and O–H groups in total. The van der Waals surface area contributed by atoms with Crippen molar-refractivity contribution < 1.29 is 8.81 Å². The van der Waals surface area contributed by atoms with Gasteiger partial charge in [-0.3, -0.25) is 0 Å². The largest absolute Gasteiger partial charge is 0.456 e. The minimum absolute atomic E-state index is 0.212. The summed E-state index contributed by atoms with van der Waals surface area (Å²) in [6.07, 6.45) is 0. The van der Waals surface area contributed by atoms with Gasteiger partial charge in [-0.05, 0) is 101 Å². The Morgan fingerprint density at radius 2 is 0.983 bits per heavy atom. The molecule has 4 heteroatoms. The van der Waals surface area contributed by atoms with E-state index in [1.807, 2.05) is 42.5 Å². The highest BCUT2D eigenvalue weighted by molar-refractivity contribution is 6.12. The van der Waals surface area contributed by atoms with Crippen molar-refractivity contribution in [1.82, 2.24) is 4.57 Å². The van der Waals surface area contributed by atoms with Crippen LogP contribution < -0.4 is 4.90 Å². The van der Waals surface area contributed by atoms with Gasteiger partial charge in [0.2, 0.25) is 0 Å². The second kappa shape index (κ2) is 13.8. The highest BCUT2D eigenvalue weighted by Crippen LogP contribution is 2.43. The van der Waals surface area contributed by atoms with Crippen LogP contribution in [0.2, 0.25) is 0 Å². The van der Waals surface area contributed by atoms with E-state index in [9.17, 15) is 0 Å². The zero-order valence-corrected chi connectivity index (χ0v) is 31.4. The number of hydrogen-bond donors (Lipinski definition) is 0. The molecule has 0 fully saturated rings. The van der Waals surface area contributed by atoms with Crippen LogP contribution in [-0.4, -0.2) is 4.57 Å². The van der Waals surface area contributed by atoms with Crippen LogP contribution in [0.3, 0.4) is 0 Å². The van der Waals surface area contributed by atoms with E-state index in [1.54, 1.807) is 6.07 Å².